The minimum atomic E-state index is -0.452. The van der Waals surface area contributed by atoms with E-state index in [1.165, 1.54) is 38.5 Å². The van der Waals surface area contributed by atoms with Gasteiger partial charge in [-0.25, -0.2) is 0 Å². The molecule has 0 aliphatic heterocycles. The average molecular weight is 380 g/mol. The van der Waals surface area contributed by atoms with Gasteiger partial charge in [-0.15, -0.1) is 0 Å². The number of hydrogen-bond donors (Lipinski definition) is 2. The van der Waals surface area contributed by atoms with Crippen molar-refractivity contribution in [1.82, 2.24) is 5.32 Å². The maximum atomic E-state index is 10.3. The normalized spacial score (nSPS) is 36.2. The molecule has 1 aromatic carbocycles. The topological polar surface area (TPSA) is 41.5 Å². The maximum absolute atomic E-state index is 10.3. The summed E-state index contributed by atoms with van der Waals surface area (Å²) in [5.74, 6) is 3.61. The second-order valence-electron chi connectivity index (χ2n) is 8.00. The highest BCUT2D eigenvalue weighted by Gasteiger charge is 2.50. The molecular weight excluding hydrogens is 354 g/mol. The van der Waals surface area contributed by atoms with Crippen LogP contribution in [0.4, 0.5) is 0 Å². The second kappa shape index (κ2) is 6.38. The first-order valence-electron chi connectivity index (χ1n) is 8.92. The Bertz CT molecular complexity index is 510. The fraction of sp³-hybridized carbons (Fsp3) is 0.684. The fourth-order valence-electron chi connectivity index (χ4n) is 5.44. The smallest absolute Gasteiger partial charge is 0.119 e. The summed E-state index contributed by atoms with van der Waals surface area (Å²) in [5.41, 5.74) is 0.313. The number of halogens is 1. The number of hydrogen-bond acceptors (Lipinski definition) is 3. The van der Waals surface area contributed by atoms with Crippen molar-refractivity contribution in [2.24, 2.45) is 17.8 Å². The molecule has 4 bridgehead atoms. The first-order valence-corrected chi connectivity index (χ1v) is 9.71. The third-order valence-electron chi connectivity index (χ3n) is 6.01. The van der Waals surface area contributed by atoms with Gasteiger partial charge in [0, 0.05) is 16.6 Å². The van der Waals surface area contributed by atoms with Crippen LogP contribution in [0.25, 0.3) is 0 Å². The molecule has 23 heavy (non-hydrogen) atoms. The van der Waals surface area contributed by atoms with Gasteiger partial charge in [-0.1, -0.05) is 15.9 Å². The number of benzene rings is 1. The predicted molar refractivity (Wildman–Crippen MR) is 94.5 cm³/mol. The fourth-order valence-corrected chi connectivity index (χ4v) is 5.71. The summed E-state index contributed by atoms with van der Waals surface area (Å²) in [7, 11) is 0. The minimum absolute atomic E-state index is 0.313. The summed E-state index contributed by atoms with van der Waals surface area (Å²) in [4.78, 5) is 0. The van der Waals surface area contributed by atoms with Crippen LogP contribution >= 0.6 is 15.9 Å². The van der Waals surface area contributed by atoms with E-state index in [0.717, 1.165) is 28.0 Å². The zero-order valence-corrected chi connectivity index (χ0v) is 15.1. The lowest BCUT2D eigenvalue weighted by Crippen LogP contribution is -2.59. The van der Waals surface area contributed by atoms with Crippen LogP contribution in [0.2, 0.25) is 0 Å². The van der Waals surface area contributed by atoms with Gasteiger partial charge < -0.3 is 15.2 Å². The van der Waals surface area contributed by atoms with Gasteiger partial charge in [0.25, 0.3) is 0 Å². The van der Waals surface area contributed by atoms with Gasteiger partial charge in [0.2, 0.25) is 0 Å². The standard InChI is InChI=1S/C19H26BrNO2/c20-16-1-3-18(4-2-16)23-12-17(22)11-21-19-8-13-5-14(9-19)7-15(6-13)10-19/h1-4,13-15,17,21-22H,5-12H2. The van der Waals surface area contributed by atoms with Crippen LogP contribution in [0.15, 0.2) is 28.7 Å². The van der Waals surface area contributed by atoms with E-state index in [4.69, 9.17) is 4.74 Å². The van der Waals surface area contributed by atoms with Gasteiger partial charge in [0.1, 0.15) is 18.5 Å². The number of rotatable bonds is 6. The molecule has 0 saturated heterocycles. The van der Waals surface area contributed by atoms with Gasteiger partial charge in [-0.05, 0) is 80.5 Å². The van der Waals surface area contributed by atoms with E-state index < -0.39 is 6.10 Å². The lowest BCUT2D eigenvalue weighted by Gasteiger charge is -2.57. The molecule has 0 radical (unpaired) electrons. The second-order valence-corrected chi connectivity index (χ2v) is 8.91. The van der Waals surface area contributed by atoms with E-state index in [2.05, 4.69) is 21.2 Å². The largest absolute Gasteiger partial charge is 0.491 e. The van der Waals surface area contributed by atoms with Crippen LogP contribution in [0.5, 0.6) is 5.75 Å². The number of nitrogens with one attached hydrogen (secondary N) is 1. The quantitative estimate of drug-likeness (QED) is 0.790. The summed E-state index contributed by atoms with van der Waals surface area (Å²) < 4.78 is 6.72. The van der Waals surface area contributed by atoms with Crippen molar-refractivity contribution < 1.29 is 9.84 Å². The number of β-amino-alcohol motifs (C(OH)–C–C–N with tert-alkyl or cyclic N) is 1. The summed E-state index contributed by atoms with van der Waals surface area (Å²) >= 11 is 3.41. The van der Waals surface area contributed by atoms with Crippen molar-refractivity contribution in [3.63, 3.8) is 0 Å². The highest BCUT2D eigenvalue weighted by molar-refractivity contribution is 9.10. The Kier molecular flexibility index (Phi) is 4.41. The molecule has 0 spiro atoms. The third-order valence-corrected chi connectivity index (χ3v) is 6.54. The van der Waals surface area contributed by atoms with Crippen LogP contribution < -0.4 is 10.1 Å². The number of ether oxygens (including phenoxy) is 1. The van der Waals surface area contributed by atoms with Crippen LogP contribution in [0.1, 0.15) is 38.5 Å². The molecule has 0 amide bonds. The molecule has 5 rings (SSSR count). The highest BCUT2D eigenvalue weighted by Crippen LogP contribution is 2.55. The van der Waals surface area contributed by atoms with Gasteiger partial charge in [0.05, 0.1) is 0 Å². The Morgan fingerprint density at radius 1 is 1.09 bits per heavy atom. The van der Waals surface area contributed by atoms with Gasteiger partial charge in [0.15, 0.2) is 0 Å². The van der Waals surface area contributed by atoms with Crippen LogP contribution in [0.3, 0.4) is 0 Å². The monoisotopic (exact) mass is 379 g/mol. The number of aliphatic hydroxyl groups is 1. The predicted octanol–water partition coefficient (Wildman–Crippen LogP) is 3.75. The first kappa shape index (κ1) is 15.9. The Labute approximate surface area is 146 Å². The molecular formula is C19H26BrNO2. The summed E-state index contributed by atoms with van der Waals surface area (Å²) in [6.45, 7) is 0.990. The van der Waals surface area contributed by atoms with Crippen molar-refractivity contribution in [3.8, 4) is 5.75 Å². The van der Waals surface area contributed by atoms with E-state index in [-0.39, 0.29) is 0 Å². The molecule has 1 aromatic rings. The van der Waals surface area contributed by atoms with Gasteiger partial charge in [-0.3, -0.25) is 0 Å². The van der Waals surface area contributed by atoms with Crippen LogP contribution in [-0.4, -0.2) is 29.9 Å². The van der Waals surface area contributed by atoms with Crippen LogP contribution in [0, 0.1) is 17.8 Å². The Balaban J connectivity index is 1.26. The van der Waals surface area contributed by atoms with E-state index in [0.29, 0.717) is 18.7 Å². The van der Waals surface area contributed by atoms with Crippen molar-refractivity contribution in [2.45, 2.75) is 50.2 Å². The highest BCUT2D eigenvalue weighted by atomic mass is 79.9. The Morgan fingerprint density at radius 3 is 2.22 bits per heavy atom. The lowest BCUT2D eigenvalue weighted by molar-refractivity contribution is -0.0266. The zero-order valence-electron chi connectivity index (χ0n) is 13.5. The summed E-state index contributed by atoms with van der Waals surface area (Å²) in [6.07, 6.45) is 7.87. The zero-order chi connectivity index (χ0) is 15.9. The van der Waals surface area contributed by atoms with Crippen molar-refractivity contribution in [3.05, 3.63) is 28.7 Å². The Hall–Kier alpha value is -0.580. The van der Waals surface area contributed by atoms with Crippen molar-refractivity contribution in [2.75, 3.05) is 13.2 Å². The lowest BCUT2D eigenvalue weighted by atomic mass is 9.53. The average Bonchev–Trinajstić information content (AvgIpc) is 2.51. The molecule has 0 heterocycles. The molecule has 1 unspecified atom stereocenters. The minimum Gasteiger partial charge on any atom is -0.491 e. The molecule has 1 atom stereocenters. The van der Waals surface area contributed by atoms with Gasteiger partial charge >= 0.3 is 0 Å². The Morgan fingerprint density at radius 2 is 1.65 bits per heavy atom. The molecule has 2 N–H and O–H groups in total. The summed E-state index contributed by atoms with van der Waals surface area (Å²) in [6, 6.07) is 7.75. The summed E-state index contributed by atoms with van der Waals surface area (Å²) in [5, 5.41) is 14.0. The maximum Gasteiger partial charge on any atom is 0.119 e. The molecule has 4 heteroatoms. The van der Waals surface area contributed by atoms with Crippen LogP contribution in [-0.2, 0) is 0 Å². The van der Waals surface area contributed by atoms with E-state index >= 15 is 0 Å². The van der Waals surface area contributed by atoms with E-state index in [1.807, 2.05) is 24.3 Å². The molecule has 4 aliphatic rings. The molecule has 126 valence electrons. The molecule has 4 aliphatic carbocycles. The van der Waals surface area contributed by atoms with Crippen molar-refractivity contribution in [1.29, 1.82) is 0 Å². The van der Waals surface area contributed by atoms with E-state index in [1.54, 1.807) is 0 Å². The van der Waals surface area contributed by atoms with Crippen molar-refractivity contribution >= 4 is 15.9 Å². The SMILES string of the molecule is OC(CNC12CC3CC(CC(C3)C1)C2)COc1ccc(Br)cc1. The third kappa shape index (κ3) is 3.59. The molecule has 0 aromatic heterocycles. The van der Waals surface area contributed by atoms with E-state index in [9.17, 15) is 5.11 Å². The molecule has 4 fully saturated rings. The number of aliphatic hydroxyl groups excluding tert-OH is 1. The van der Waals surface area contributed by atoms with Gasteiger partial charge in [-0.2, -0.15) is 0 Å². The molecule has 3 nitrogen and oxygen atoms in total. The first-order chi connectivity index (χ1) is 11.1. The molecule has 4 saturated carbocycles.